The molecule has 7 heteroatoms. The molecule has 0 spiro atoms. The Balaban J connectivity index is 2.07. The van der Waals surface area contributed by atoms with E-state index in [2.05, 4.69) is 31.0 Å². The van der Waals surface area contributed by atoms with E-state index in [4.69, 9.17) is 5.73 Å². The van der Waals surface area contributed by atoms with Gasteiger partial charge in [0.15, 0.2) is 5.65 Å². The average molecular weight is 310 g/mol. The van der Waals surface area contributed by atoms with Gasteiger partial charge in [-0.3, -0.25) is 4.79 Å². The summed E-state index contributed by atoms with van der Waals surface area (Å²) < 4.78 is 2.52. The highest BCUT2D eigenvalue weighted by Gasteiger charge is 2.24. The van der Waals surface area contributed by atoms with Crippen LogP contribution in [0.5, 0.6) is 0 Å². The first kappa shape index (κ1) is 11.6. The minimum absolute atomic E-state index is 0.214. The molecule has 0 saturated heterocycles. The Kier molecular flexibility index (Phi) is 2.77. The number of anilines is 1. The lowest BCUT2D eigenvalue weighted by Gasteiger charge is -2.21. The zero-order chi connectivity index (χ0) is 12.7. The van der Waals surface area contributed by atoms with Gasteiger partial charge in [0, 0.05) is 12.8 Å². The minimum atomic E-state index is 0.214. The summed E-state index contributed by atoms with van der Waals surface area (Å²) in [5, 5.41) is 5.18. The van der Waals surface area contributed by atoms with Crippen molar-refractivity contribution in [2.75, 3.05) is 5.73 Å². The molecule has 3 rings (SSSR count). The predicted molar refractivity (Wildman–Crippen MR) is 69.9 cm³/mol. The monoisotopic (exact) mass is 309 g/mol. The third-order valence-corrected chi connectivity index (χ3v) is 3.89. The third-order valence-electron chi connectivity index (χ3n) is 3.33. The van der Waals surface area contributed by atoms with Crippen molar-refractivity contribution in [2.45, 2.75) is 31.7 Å². The summed E-state index contributed by atoms with van der Waals surface area (Å²) in [6.07, 6.45) is 4.29. The first-order chi connectivity index (χ1) is 8.66. The zero-order valence-corrected chi connectivity index (χ0v) is 11.2. The molecule has 1 saturated carbocycles. The highest BCUT2D eigenvalue weighted by Crippen LogP contribution is 2.32. The van der Waals surface area contributed by atoms with Crippen LogP contribution in [-0.2, 0) is 4.79 Å². The van der Waals surface area contributed by atoms with Gasteiger partial charge in [0.2, 0.25) is 0 Å². The smallest absolute Gasteiger partial charge is 0.164 e. The molecule has 2 N–H and O–H groups in total. The van der Waals surface area contributed by atoms with E-state index in [1.165, 1.54) is 6.33 Å². The van der Waals surface area contributed by atoms with E-state index >= 15 is 0 Å². The molecule has 2 heterocycles. The van der Waals surface area contributed by atoms with E-state index in [0.717, 1.165) is 23.9 Å². The van der Waals surface area contributed by atoms with E-state index in [0.29, 0.717) is 29.0 Å². The number of hydrogen-bond acceptors (Lipinski definition) is 5. The number of nitrogens with zero attached hydrogens (tertiary/aromatic N) is 4. The van der Waals surface area contributed by atoms with E-state index in [1.54, 1.807) is 0 Å². The lowest BCUT2D eigenvalue weighted by molar-refractivity contribution is -0.120. The molecule has 1 aliphatic carbocycles. The Labute approximate surface area is 112 Å². The van der Waals surface area contributed by atoms with Crippen molar-refractivity contribution in [3.63, 3.8) is 0 Å². The topological polar surface area (TPSA) is 86.7 Å². The van der Waals surface area contributed by atoms with Crippen molar-refractivity contribution in [1.29, 1.82) is 0 Å². The van der Waals surface area contributed by atoms with Crippen LogP contribution < -0.4 is 5.73 Å². The van der Waals surface area contributed by atoms with Crippen molar-refractivity contribution >= 4 is 38.6 Å². The number of carbonyl (C=O) groups is 1. The quantitative estimate of drug-likeness (QED) is 0.868. The second-order valence-electron chi connectivity index (χ2n) is 4.46. The Morgan fingerprint density at radius 1 is 1.33 bits per heavy atom. The fraction of sp³-hybridized carbons (Fsp3) is 0.455. The molecule has 0 radical (unpaired) electrons. The van der Waals surface area contributed by atoms with Gasteiger partial charge in [-0.15, -0.1) is 0 Å². The Morgan fingerprint density at radius 3 is 2.78 bits per heavy atom. The molecular weight excluding hydrogens is 298 g/mol. The fourth-order valence-corrected chi connectivity index (χ4v) is 2.93. The summed E-state index contributed by atoms with van der Waals surface area (Å²) in [5.74, 6) is 0.751. The maximum atomic E-state index is 11.3. The molecule has 0 bridgehead atoms. The highest BCUT2D eigenvalue weighted by molar-refractivity contribution is 9.10. The van der Waals surface area contributed by atoms with Gasteiger partial charge in [-0.25, -0.2) is 14.6 Å². The van der Waals surface area contributed by atoms with Crippen LogP contribution in [0.4, 0.5) is 5.82 Å². The SMILES string of the molecule is Nc1ncnc2c1c(Br)nn2C1CCC(=O)CC1. The van der Waals surface area contributed by atoms with Gasteiger partial charge in [-0.1, -0.05) is 0 Å². The van der Waals surface area contributed by atoms with Crippen LogP contribution in [0.25, 0.3) is 11.0 Å². The zero-order valence-electron chi connectivity index (χ0n) is 9.64. The molecule has 1 aliphatic rings. The number of nitrogen functional groups attached to an aromatic ring is 1. The molecule has 0 amide bonds. The van der Waals surface area contributed by atoms with Crippen molar-refractivity contribution in [3.05, 3.63) is 10.9 Å². The van der Waals surface area contributed by atoms with Crippen LogP contribution in [0.2, 0.25) is 0 Å². The summed E-state index contributed by atoms with van der Waals surface area (Å²) in [7, 11) is 0. The van der Waals surface area contributed by atoms with Crippen molar-refractivity contribution in [2.24, 2.45) is 0 Å². The minimum Gasteiger partial charge on any atom is -0.383 e. The summed E-state index contributed by atoms with van der Waals surface area (Å²) in [6.45, 7) is 0. The predicted octanol–water partition coefficient (Wildman–Crippen LogP) is 1.86. The molecule has 0 unspecified atom stereocenters. The van der Waals surface area contributed by atoms with Crippen molar-refractivity contribution in [3.8, 4) is 0 Å². The highest BCUT2D eigenvalue weighted by atomic mass is 79.9. The average Bonchev–Trinajstić information content (AvgIpc) is 2.69. The number of Topliss-reactive ketones (excluding diaryl/α,β-unsaturated/α-hetero) is 1. The molecule has 2 aromatic heterocycles. The number of rotatable bonds is 1. The molecule has 0 atom stereocenters. The van der Waals surface area contributed by atoms with Crippen molar-refractivity contribution in [1.82, 2.24) is 19.7 Å². The molecule has 18 heavy (non-hydrogen) atoms. The summed E-state index contributed by atoms with van der Waals surface area (Å²) >= 11 is 3.39. The van der Waals surface area contributed by atoms with E-state index < -0.39 is 0 Å². The van der Waals surface area contributed by atoms with Gasteiger partial charge >= 0.3 is 0 Å². The van der Waals surface area contributed by atoms with Crippen LogP contribution in [0, 0.1) is 0 Å². The van der Waals surface area contributed by atoms with E-state index in [1.807, 2.05) is 4.68 Å². The third kappa shape index (κ3) is 1.78. The molecule has 94 valence electrons. The Bertz CT molecular complexity index is 613. The second kappa shape index (κ2) is 4.31. The van der Waals surface area contributed by atoms with Gasteiger partial charge in [0.25, 0.3) is 0 Å². The van der Waals surface area contributed by atoms with Crippen LogP contribution in [-0.4, -0.2) is 25.5 Å². The van der Waals surface area contributed by atoms with E-state index in [-0.39, 0.29) is 6.04 Å². The molecule has 0 aromatic carbocycles. The van der Waals surface area contributed by atoms with E-state index in [9.17, 15) is 4.79 Å². The van der Waals surface area contributed by atoms with Gasteiger partial charge in [-0.05, 0) is 28.8 Å². The molecule has 0 aliphatic heterocycles. The first-order valence-electron chi connectivity index (χ1n) is 5.82. The molecule has 2 aromatic rings. The van der Waals surface area contributed by atoms with Crippen LogP contribution in [0.1, 0.15) is 31.7 Å². The summed E-state index contributed by atoms with van der Waals surface area (Å²) in [6, 6.07) is 0.214. The number of halogens is 1. The number of aromatic nitrogens is 4. The number of nitrogens with two attached hydrogens (primary N) is 1. The lowest BCUT2D eigenvalue weighted by atomic mass is 9.94. The standard InChI is InChI=1S/C11H12BrN5O/c12-9-8-10(13)14-5-15-11(8)17(16-9)6-1-3-7(18)4-2-6/h5-6H,1-4H2,(H2,13,14,15). The maximum Gasteiger partial charge on any atom is 0.164 e. The lowest BCUT2D eigenvalue weighted by Crippen LogP contribution is -2.19. The molecule has 1 fully saturated rings. The first-order valence-corrected chi connectivity index (χ1v) is 6.62. The Hall–Kier alpha value is -1.50. The summed E-state index contributed by atoms with van der Waals surface area (Å²) in [4.78, 5) is 19.5. The van der Waals surface area contributed by atoms with Crippen LogP contribution in [0.3, 0.4) is 0 Å². The number of ketones is 1. The van der Waals surface area contributed by atoms with Gasteiger partial charge in [-0.2, -0.15) is 5.10 Å². The summed E-state index contributed by atoms with van der Waals surface area (Å²) in [5.41, 5.74) is 6.56. The van der Waals surface area contributed by atoms with Gasteiger partial charge in [0.1, 0.15) is 22.5 Å². The number of hydrogen-bond donors (Lipinski definition) is 1. The normalized spacial score (nSPS) is 17.5. The molecular formula is C11H12BrN5O. The maximum absolute atomic E-state index is 11.3. The number of fused-ring (bicyclic) bond motifs is 1. The van der Waals surface area contributed by atoms with Gasteiger partial charge in [0.05, 0.1) is 11.4 Å². The van der Waals surface area contributed by atoms with Gasteiger partial charge < -0.3 is 5.73 Å². The largest absolute Gasteiger partial charge is 0.383 e. The molecule has 6 nitrogen and oxygen atoms in total. The van der Waals surface area contributed by atoms with Crippen LogP contribution >= 0.6 is 15.9 Å². The van der Waals surface area contributed by atoms with Crippen LogP contribution in [0.15, 0.2) is 10.9 Å². The number of carbonyl (C=O) groups excluding carboxylic acids is 1. The fourth-order valence-electron chi connectivity index (χ4n) is 2.38. The Morgan fingerprint density at radius 2 is 2.06 bits per heavy atom. The van der Waals surface area contributed by atoms with Crippen molar-refractivity contribution < 1.29 is 4.79 Å². The second-order valence-corrected chi connectivity index (χ2v) is 5.21.